The second-order valence-corrected chi connectivity index (χ2v) is 7.25. The van der Waals surface area contributed by atoms with Crippen LogP contribution >= 0.6 is 45.9 Å². The van der Waals surface area contributed by atoms with E-state index in [-0.39, 0.29) is 5.76 Å². The van der Waals surface area contributed by atoms with E-state index in [9.17, 15) is 13.9 Å². The molecule has 21 heavy (non-hydrogen) atoms. The molecule has 2 aromatic rings. The quantitative estimate of drug-likeness (QED) is 0.549. The Morgan fingerprint density at radius 3 is 2.81 bits per heavy atom. The number of benzene rings is 1. The summed E-state index contributed by atoms with van der Waals surface area (Å²) in [7, 11) is 0. The molecular formula is C13H9F2IN2OS2. The lowest BCUT2D eigenvalue weighted by Gasteiger charge is -2.28. The molecule has 0 bridgehead atoms. The molecule has 3 rings (SSSR count). The minimum atomic E-state index is -2.47. The number of thiazole rings is 1. The molecule has 8 heteroatoms. The van der Waals surface area contributed by atoms with Crippen molar-refractivity contribution in [3.05, 3.63) is 43.8 Å². The molecule has 1 aromatic carbocycles. The van der Waals surface area contributed by atoms with E-state index in [1.807, 2.05) is 24.3 Å². The van der Waals surface area contributed by atoms with E-state index >= 15 is 0 Å². The van der Waals surface area contributed by atoms with Crippen LogP contribution in [0.15, 0.2) is 29.8 Å². The Labute approximate surface area is 142 Å². The summed E-state index contributed by atoms with van der Waals surface area (Å²) in [5, 5.41) is 10.5. The van der Waals surface area contributed by atoms with E-state index < -0.39 is 13.0 Å². The van der Waals surface area contributed by atoms with E-state index in [0.29, 0.717) is 15.6 Å². The highest BCUT2D eigenvalue weighted by Crippen LogP contribution is 2.48. The van der Waals surface area contributed by atoms with Crippen LogP contribution in [-0.4, -0.2) is 23.1 Å². The molecule has 0 atom stereocenters. The summed E-state index contributed by atoms with van der Waals surface area (Å²) in [6.45, 7) is -0.429. The lowest BCUT2D eigenvalue weighted by Crippen LogP contribution is -2.25. The summed E-state index contributed by atoms with van der Waals surface area (Å²) < 4.78 is 27.9. The predicted molar refractivity (Wildman–Crippen MR) is 91.7 cm³/mol. The maximum Gasteiger partial charge on any atom is 0.256 e. The van der Waals surface area contributed by atoms with Gasteiger partial charge in [-0.15, -0.1) is 11.3 Å². The summed E-state index contributed by atoms with van der Waals surface area (Å²) >= 11 is 4.52. The molecule has 1 N–H and O–H groups in total. The largest absolute Gasteiger partial charge is 0.505 e. The Hall–Kier alpha value is -0.870. The molecule has 0 amide bonds. The van der Waals surface area contributed by atoms with E-state index in [1.165, 1.54) is 15.6 Å². The third kappa shape index (κ3) is 2.88. The van der Waals surface area contributed by atoms with Crippen molar-refractivity contribution in [3.8, 4) is 0 Å². The van der Waals surface area contributed by atoms with Crippen LogP contribution in [0.4, 0.5) is 14.6 Å². The number of aromatic nitrogens is 1. The van der Waals surface area contributed by atoms with Crippen LogP contribution in [0.5, 0.6) is 0 Å². The SMILES string of the molecule is OC1=C(c2ccccc2I)SN(CC(F)F)c2ncsc21. The van der Waals surface area contributed by atoms with Crippen LogP contribution in [-0.2, 0) is 0 Å². The number of aliphatic hydroxyl groups excluding tert-OH is 1. The number of aliphatic hydroxyl groups is 1. The number of anilines is 1. The number of fused-ring (bicyclic) bond motifs is 1. The molecule has 1 aromatic heterocycles. The van der Waals surface area contributed by atoms with Crippen molar-refractivity contribution in [2.75, 3.05) is 10.8 Å². The maximum atomic E-state index is 12.8. The van der Waals surface area contributed by atoms with Gasteiger partial charge in [-0.05, 0) is 40.6 Å². The zero-order chi connectivity index (χ0) is 15.0. The van der Waals surface area contributed by atoms with Crippen molar-refractivity contribution < 1.29 is 13.9 Å². The van der Waals surface area contributed by atoms with Crippen LogP contribution in [0.1, 0.15) is 10.4 Å². The third-order valence-corrected chi connectivity index (χ3v) is 5.74. The van der Waals surface area contributed by atoms with E-state index in [1.54, 1.807) is 5.51 Å². The highest BCUT2D eigenvalue weighted by Gasteiger charge is 2.31. The topological polar surface area (TPSA) is 36.4 Å². The van der Waals surface area contributed by atoms with E-state index in [2.05, 4.69) is 27.6 Å². The number of alkyl halides is 2. The summed E-state index contributed by atoms with van der Waals surface area (Å²) in [5.41, 5.74) is 2.39. The predicted octanol–water partition coefficient (Wildman–Crippen LogP) is 4.86. The summed E-state index contributed by atoms with van der Waals surface area (Å²) in [6.07, 6.45) is -2.47. The lowest BCUT2D eigenvalue weighted by molar-refractivity contribution is 0.159. The molecular weight excluding hydrogens is 429 g/mol. The van der Waals surface area contributed by atoms with Gasteiger partial charge in [0, 0.05) is 9.13 Å². The number of hydrogen-bond donors (Lipinski definition) is 1. The van der Waals surface area contributed by atoms with Gasteiger partial charge in [-0.2, -0.15) is 0 Å². The molecule has 0 spiro atoms. The van der Waals surface area contributed by atoms with Gasteiger partial charge in [0.1, 0.15) is 4.88 Å². The highest BCUT2D eigenvalue weighted by molar-refractivity contribution is 14.1. The fraction of sp³-hybridized carbons (Fsp3) is 0.154. The van der Waals surface area contributed by atoms with Crippen molar-refractivity contribution >= 4 is 62.4 Å². The van der Waals surface area contributed by atoms with Gasteiger partial charge >= 0.3 is 0 Å². The first-order chi connectivity index (χ1) is 10.1. The van der Waals surface area contributed by atoms with Crippen molar-refractivity contribution in [3.63, 3.8) is 0 Å². The van der Waals surface area contributed by atoms with Gasteiger partial charge in [0.2, 0.25) is 0 Å². The van der Waals surface area contributed by atoms with Gasteiger partial charge in [-0.25, -0.2) is 13.8 Å². The molecule has 110 valence electrons. The first-order valence-corrected chi connectivity index (χ1v) is 8.66. The van der Waals surface area contributed by atoms with Gasteiger partial charge in [-0.1, -0.05) is 18.2 Å². The van der Waals surface area contributed by atoms with Gasteiger partial charge in [-0.3, -0.25) is 4.31 Å². The fourth-order valence-corrected chi connectivity index (χ4v) is 4.75. The smallest absolute Gasteiger partial charge is 0.256 e. The van der Waals surface area contributed by atoms with Crippen LogP contribution in [0.2, 0.25) is 0 Å². The van der Waals surface area contributed by atoms with E-state index in [4.69, 9.17) is 0 Å². The second kappa shape index (κ2) is 6.09. The van der Waals surface area contributed by atoms with E-state index in [0.717, 1.165) is 21.1 Å². The number of hydrogen-bond acceptors (Lipinski definition) is 5. The van der Waals surface area contributed by atoms with Crippen molar-refractivity contribution in [2.24, 2.45) is 0 Å². The molecule has 0 aliphatic carbocycles. The Bertz CT molecular complexity index is 705. The molecule has 0 saturated carbocycles. The average molecular weight is 438 g/mol. The van der Waals surface area contributed by atoms with Crippen LogP contribution in [0.3, 0.4) is 0 Å². The Balaban J connectivity index is 2.09. The normalized spacial score (nSPS) is 14.8. The molecule has 3 nitrogen and oxygen atoms in total. The highest BCUT2D eigenvalue weighted by atomic mass is 127. The maximum absolute atomic E-state index is 12.8. The Kier molecular flexibility index (Phi) is 4.36. The molecule has 1 aliphatic rings. The number of halogens is 3. The van der Waals surface area contributed by atoms with Gasteiger partial charge in [0.25, 0.3) is 6.43 Å². The summed E-state index contributed by atoms with van der Waals surface area (Å²) in [5.74, 6) is 0.504. The van der Waals surface area contributed by atoms with Gasteiger partial charge in [0.05, 0.1) is 17.0 Å². The molecule has 1 aliphatic heterocycles. The number of rotatable bonds is 3. The minimum absolute atomic E-state index is 0.104. The van der Waals surface area contributed by atoms with Crippen molar-refractivity contribution in [1.82, 2.24) is 4.98 Å². The lowest BCUT2D eigenvalue weighted by atomic mass is 10.2. The first-order valence-electron chi connectivity index (χ1n) is 5.93. The van der Waals surface area contributed by atoms with Crippen molar-refractivity contribution in [2.45, 2.75) is 6.43 Å². The van der Waals surface area contributed by atoms with Crippen LogP contribution in [0, 0.1) is 3.57 Å². The summed E-state index contributed by atoms with van der Waals surface area (Å²) in [4.78, 5) is 5.20. The molecule has 0 saturated heterocycles. The summed E-state index contributed by atoms with van der Waals surface area (Å²) in [6, 6.07) is 7.53. The van der Waals surface area contributed by atoms with Gasteiger partial charge in [0.15, 0.2) is 11.6 Å². The minimum Gasteiger partial charge on any atom is -0.505 e. The zero-order valence-electron chi connectivity index (χ0n) is 10.5. The molecule has 0 radical (unpaired) electrons. The van der Waals surface area contributed by atoms with Gasteiger partial charge < -0.3 is 5.11 Å². The zero-order valence-corrected chi connectivity index (χ0v) is 14.3. The second-order valence-electron chi connectivity index (χ2n) is 4.21. The molecule has 0 fully saturated rings. The van der Waals surface area contributed by atoms with Crippen LogP contribution in [0.25, 0.3) is 10.7 Å². The monoisotopic (exact) mass is 438 g/mol. The Morgan fingerprint density at radius 2 is 2.10 bits per heavy atom. The fourth-order valence-electron chi connectivity index (χ4n) is 1.95. The first kappa shape index (κ1) is 15.0. The van der Waals surface area contributed by atoms with Crippen LogP contribution < -0.4 is 4.31 Å². The molecule has 2 heterocycles. The molecule has 0 unspecified atom stereocenters. The van der Waals surface area contributed by atoms with Crippen molar-refractivity contribution in [1.29, 1.82) is 0 Å². The Morgan fingerprint density at radius 1 is 1.33 bits per heavy atom. The number of nitrogens with zero attached hydrogens (tertiary/aromatic N) is 2. The standard InChI is InChI=1S/C13H9F2IN2OS2/c14-9(15)5-18-13-12(20-6-17-13)10(19)11(21-18)7-3-1-2-4-8(7)16/h1-4,6,9,19H,5H2. The third-order valence-electron chi connectivity index (χ3n) is 2.84. The average Bonchev–Trinajstić information content (AvgIpc) is 2.92.